The van der Waals surface area contributed by atoms with Crippen molar-refractivity contribution in [2.75, 3.05) is 0 Å². The Balaban J connectivity index is 1.41. The summed E-state index contributed by atoms with van der Waals surface area (Å²) >= 11 is 3.16. The second-order valence-electron chi connectivity index (χ2n) is 7.91. The van der Waals surface area contributed by atoms with Crippen LogP contribution in [0.1, 0.15) is 23.2 Å². The van der Waals surface area contributed by atoms with Crippen LogP contribution in [-0.4, -0.2) is 41.5 Å². The van der Waals surface area contributed by atoms with E-state index >= 15 is 0 Å². The molecule has 1 fully saturated rings. The lowest BCUT2D eigenvalue weighted by Gasteiger charge is -2.46. The lowest BCUT2D eigenvalue weighted by molar-refractivity contribution is -0.0963. The molecule has 0 spiro atoms. The van der Waals surface area contributed by atoms with E-state index in [-0.39, 0.29) is 11.8 Å². The number of aromatic nitrogens is 4. The molecule has 0 bridgehead atoms. The van der Waals surface area contributed by atoms with Gasteiger partial charge in [0.15, 0.2) is 10.3 Å². The quantitative estimate of drug-likeness (QED) is 0.448. The van der Waals surface area contributed by atoms with Crippen molar-refractivity contribution in [1.29, 1.82) is 0 Å². The minimum atomic E-state index is -0.842. The minimum absolute atomic E-state index is 0.252. The van der Waals surface area contributed by atoms with Gasteiger partial charge in [-0.1, -0.05) is 59.9 Å². The van der Waals surface area contributed by atoms with Crippen LogP contribution >= 0.6 is 23.5 Å². The van der Waals surface area contributed by atoms with E-state index in [1.165, 1.54) is 0 Å². The number of nitrogens with zero attached hydrogens (tertiary/aromatic N) is 4. The van der Waals surface area contributed by atoms with Gasteiger partial charge in [0.25, 0.3) is 0 Å². The average molecular weight is 465 g/mol. The van der Waals surface area contributed by atoms with Crippen molar-refractivity contribution in [3.63, 3.8) is 0 Å². The van der Waals surface area contributed by atoms with E-state index in [0.717, 1.165) is 31.5 Å². The minimum Gasteiger partial charge on any atom is -0.390 e. The number of benzene rings is 2. The zero-order chi connectivity index (χ0) is 22.2. The highest BCUT2D eigenvalue weighted by Gasteiger charge is 2.53. The molecule has 6 nitrogen and oxygen atoms in total. The second-order valence-corrected chi connectivity index (χ2v) is 9.99. The van der Waals surface area contributed by atoms with Crippen molar-refractivity contribution in [1.82, 2.24) is 19.1 Å². The molecule has 1 aliphatic rings. The zero-order valence-corrected chi connectivity index (χ0v) is 19.4. The molecule has 0 amide bonds. The predicted molar refractivity (Wildman–Crippen MR) is 125 cm³/mol. The van der Waals surface area contributed by atoms with Crippen LogP contribution in [0.25, 0.3) is 0 Å². The molecule has 2 aromatic carbocycles. The van der Waals surface area contributed by atoms with Gasteiger partial charge in [-0.05, 0) is 24.3 Å². The first-order valence-corrected chi connectivity index (χ1v) is 12.0. The van der Waals surface area contributed by atoms with Crippen molar-refractivity contribution in [3.05, 3.63) is 84.4 Å². The van der Waals surface area contributed by atoms with Gasteiger partial charge in [-0.3, -0.25) is 0 Å². The van der Waals surface area contributed by atoms with Gasteiger partial charge in [0.05, 0.1) is 12.2 Å². The molecular formula is C24H24N4O2S2. The van der Waals surface area contributed by atoms with Crippen LogP contribution in [0.5, 0.6) is 0 Å². The van der Waals surface area contributed by atoms with Gasteiger partial charge in [0, 0.05) is 59.5 Å². The normalized spacial score (nSPS) is 22.6. The first-order chi connectivity index (χ1) is 15.5. The molecule has 2 aromatic heterocycles. The summed E-state index contributed by atoms with van der Waals surface area (Å²) in [6.07, 6.45) is 1.94. The molecule has 0 unspecified atom stereocenters. The third-order valence-electron chi connectivity index (χ3n) is 6.02. The van der Waals surface area contributed by atoms with Gasteiger partial charge in [-0.2, -0.15) is 0 Å². The molecule has 8 heteroatoms. The lowest BCUT2D eigenvalue weighted by atomic mass is 9.65. The van der Waals surface area contributed by atoms with Crippen molar-refractivity contribution < 1.29 is 10.2 Å². The Hall–Kier alpha value is -2.52. The van der Waals surface area contributed by atoms with Crippen LogP contribution < -0.4 is 0 Å². The fourth-order valence-corrected chi connectivity index (χ4v) is 5.93. The van der Waals surface area contributed by atoms with E-state index in [1.807, 2.05) is 96.3 Å². The highest BCUT2D eigenvalue weighted by atomic mass is 32.2. The number of aliphatic hydroxyl groups excluding tert-OH is 2. The summed E-state index contributed by atoms with van der Waals surface area (Å²) in [6.45, 7) is 0. The molecule has 4 aromatic rings. The van der Waals surface area contributed by atoms with Gasteiger partial charge in [-0.25, -0.2) is 9.97 Å². The van der Waals surface area contributed by atoms with Gasteiger partial charge in [0.1, 0.15) is 0 Å². The van der Waals surface area contributed by atoms with Crippen molar-refractivity contribution >= 4 is 23.5 Å². The maximum absolute atomic E-state index is 10.7. The summed E-state index contributed by atoms with van der Waals surface area (Å²) in [6, 6.07) is 20.2. The van der Waals surface area contributed by atoms with Crippen LogP contribution in [0.4, 0.5) is 0 Å². The van der Waals surface area contributed by atoms with E-state index in [0.29, 0.717) is 0 Å². The Morgan fingerprint density at radius 2 is 1.03 bits per heavy atom. The van der Waals surface area contributed by atoms with Gasteiger partial charge >= 0.3 is 0 Å². The summed E-state index contributed by atoms with van der Waals surface area (Å²) in [7, 11) is 3.92. The average Bonchev–Trinajstić information content (AvgIpc) is 3.35. The summed E-state index contributed by atoms with van der Waals surface area (Å²) < 4.78 is 4.03. The number of hydrogen-bond donors (Lipinski definition) is 2. The van der Waals surface area contributed by atoms with Gasteiger partial charge in [0.2, 0.25) is 0 Å². The standard InChI is InChI=1S/C24H24N4O2S2/c1-27-17(13-25-23(27)31-15-9-5-3-6-10-15)19-20(22(30)21(19)29)18-14-26-24(28(18)2)32-16-11-7-4-8-12-16/h3-14,19-22,29-30H,1-2H3/t19-,20+,21-,22-/m1/s1. The third kappa shape index (κ3) is 3.77. The van der Waals surface area contributed by atoms with Crippen molar-refractivity contribution in [2.45, 2.75) is 44.1 Å². The topological polar surface area (TPSA) is 76.1 Å². The third-order valence-corrected chi connectivity index (χ3v) is 8.16. The summed E-state index contributed by atoms with van der Waals surface area (Å²) in [5.74, 6) is -0.504. The molecule has 4 atom stereocenters. The Bertz CT molecular complexity index is 1110. The van der Waals surface area contributed by atoms with Crippen LogP contribution in [0.3, 0.4) is 0 Å². The summed E-state index contributed by atoms with van der Waals surface area (Å²) in [5, 5.41) is 23.1. The first-order valence-electron chi connectivity index (χ1n) is 10.4. The van der Waals surface area contributed by atoms with Gasteiger partial charge < -0.3 is 19.3 Å². The molecule has 0 saturated heterocycles. The van der Waals surface area contributed by atoms with Crippen LogP contribution in [0.2, 0.25) is 0 Å². The number of imidazole rings is 2. The number of hydrogen-bond acceptors (Lipinski definition) is 6. The molecule has 1 saturated carbocycles. The number of aliphatic hydroxyl groups is 2. The fourth-order valence-electron chi connectivity index (χ4n) is 4.23. The van der Waals surface area contributed by atoms with Crippen LogP contribution in [0.15, 0.2) is 93.2 Å². The first kappa shape index (κ1) is 21.3. The maximum Gasteiger partial charge on any atom is 0.172 e. The SMILES string of the molecule is Cn1c([C@@H]2[C@@H](O)[C@H](O)[C@@H]2c2cnc(Sc3ccccc3)n2C)cnc1Sc1ccccc1. The smallest absolute Gasteiger partial charge is 0.172 e. The highest BCUT2D eigenvalue weighted by Crippen LogP contribution is 2.50. The molecule has 1 aliphatic carbocycles. The summed E-state index contributed by atoms with van der Waals surface area (Å²) in [4.78, 5) is 11.4. The van der Waals surface area contributed by atoms with Gasteiger partial charge in [-0.15, -0.1) is 0 Å². The molecular weight excluding hydrogens is 440 g/mol. The molecule has 5 rings (SSSR count). The molecule has 32 heavy (non-hydrogen) atoms. The maximum atomic E-state index is 10.7. The van der Waals surface area contributed by atoms with Crippen molar-refractivity contribution in [3.8, 4) is 0 Å². The molecule has 164 valence electrons. The van der Waals surface area contributed by atoms with Crippen molar-refractivity contribution in [2.24, 2.45) is 14.1 Å². The molecule has 2 N–H and O–H groups in total. The molecule has 2 heterocycles. The van der Waals surface area contributed by atoms with Crippen LogP contribution in [0, 0.1) is 0 Å². The molecule has 0 radical (unpaired) electrons. The second kappa shape index (κ2) is 8.78. The largest absolute Gasteiger partial charge is 0.390 e. The monoisotopic (exact) mass is 464 g/mol. The van der Waals surface area contributed by atoms with Crippen LogP contribution in [-0.2, 0) is 14.1 Å². The molecule has 0 aliphatic heterocycles. The Kier molecular flexibility index (Phi) is 5.86. The fraction of sp³-hybridized carbons (Fsp3) is 0.250. The Morgan fingerprint density at radius 3 is 1.41 bits per heavy atom. The van der Waals surface area contributed by atoms with E-state index < -0.39 is 12.2 Å². The lowest BCUT2D eigenvalue weighted by Crippen LogP contribution is -2.53. The Morgan fingerprint density at radius 1 is 0.656 bits per heavy atom. The predicted octanol–water partition coefficient (Wildman–Crippen LogP) is 4.06. The highest BCUT2D eigenvalue weighted by molar-refractivity contribution is 7.99. The summed E-state index contributed by atoms with van der Waals surface area (Å²) in [5.41, 5.74) is 1.81. The van der Waals surface area contributed by atoms with E-state index in [1.54, 1.807) is 23.5 Å². The van der Waals surface area contributed by atoms with E-state index in [2.05, 4.69) is 9.97 Å². The Labute approximate surface area is 195 Å². The van der Waals surface area contributed by atoms with E-state index in [4.69, 9.17) is 0 Å². The van der Waals surface area contributed by atoms with E-state index in [9.17, 15) is 10.2 Å². The number of rotatable bonds is 6. The zero-order valence-electron chi connectivity index (χ0n) is 17.7.